The van der Waals surface area contributed by atoms with E-state index in [2.05, 4.69) is 81.5 Å². The molecular weight excluding hydrogens is 853 g/mol. The van der Waals surface area contributed by atoms with Crippen LogP contribution in [0.5, 0.6) is 0 Å². The third kappa shape index (κ3) is 55.9. The van der Waals surface area contributed by atoms with E-state index < -0.39 is 6.10 Å². The van der Waals surface area contributed by atoms with E-state index in [4.69, 9.17) is 14.2 Å². The molecule has 0 amide bonds. The lowest BCUT2D eigenvalue weighted by atomic mass is 10.0. The maximum Gasteiger partial charge on any atom is 0.306 e. The lowest BCUT2D eigenvalue weighted by molar-refractivity contribution is -0.167. The first kappa shape index (κ1) is 66.1. The van der Waals surface area contributed by atoms with Crippen molar-refractivity contribution in [1.29, 1.82) is 0 Å². The fraction of sp³-hybridized carbons (Fsp3) is 0.794. The van der Waals surface area contributed by atoms with Crippen LogP contribution in [0.4, 0.5) is 0 Å². The van der Waals surface area contributed by atoms with Gasteiger partial charge in [0.05, 0.1) is 0 Å². The van der Waals surface area contributed by atoms with Crippen LogP contribution in [0.15, 0.2) is 60.8 Å². The molecule has 0 bridgehead atoms. The molecule has 0 N–H and O–H groups in total. The summed E-state index contributed by atoms with van der Waals surface area (Å²) in [4.78, 5) is 38.2. The van der Waals surface area contributed by atoms with Crippen molar-refractivity contribution in [3.63, 3.8) is 0 Å². The van der Waals surface area contributed by atoms with E-state index in [1.54, 1.807) is 0 Å². The maximum absolute atomic E-state index is 12.9. The van der Waals surface area contributed by atoms with Crippen LogP contribution < -0.4 is 0 Å². The lowest BCUT2D eigenvalue weighted by Gasteiger charge is -2.18. The molecule has 400 valence electrons. The van der Waals surface area contributed by atoms with Crippen molar-refractivity contribution in [2.75, 3.05) is 13.2 Å². The van der Waals surface area contributed by atoms with Gasteiger partial charge in [0.25, 0.3) is 0 Å². The third-order valence-electron chi connectivity index (χ3n) is 13.0. The molecule has 0 saturated carbocycles. The van der Waals surface area contributed by atoms with Crippen molar-refractivity contribution in [2.45, 2.75) is 309 Å². The Hall–Kier alpha value is -2.89. The zero-order valence-electron chi connectivity index (χ0n) is 45.8. The van der Waals surface area contributed by atoms with Gasteiger partial charge >= 0.3 is 17.9 Å². The maximum atomic E-state index is 12.9. The lowest BCUT2D eigenvalue weighted by Crippen LogP contribution is -2.30. The van der Waals surface area contributed by atoms with E-state index in [9.17, 15) is 14.4 Å². The highest BCUT2D eigenvalue weighted by molar-refractivity contribution is 5.71. The molecule has 0 fully saturated rings. The molecular formula is C63H112O6. The second kappa shape index (κ2) is 57.7. The summed E-state index contributed by atoms with van der Waals surface area (Å²) in [6.07, 6.45) is 72.1. The molecule has 0 saturated heterocycles. The first-order chi connectivity index (χ1) is 34.0. The van der Waals surface area contributed by atoms with Crippen molar-refractivity contribution in [3.8, 4) is 0 Å². The van der Waals surface area contributed by atoms with Gasteiger partial charge in [0.1, 0.15) is 13.2 Å². The van der Waals surface area contributed by atoms with Crippen LogP contribution in [0.1, 0.15) is 303 Å². The van der Waals surface area contributed by atoms with Gasteiger partial charge in [0.2, 0.25) is 0 Å². The Morgan fingerprint density at radius 3 is 0.899 bits per heavy atom. The van der Waals surface area contributed by atoms with E-state index in [1.807, 2.05) is 0 Å². The molecule has 0 aliphatic heterocycles. The van der Waals surface area contributed by atoms with Crippen molar-refractivity contribution in [2.24, 2.45) is 0 Å². The van der Waals surface area contributed by atoms with Crippen LogP contribution in [-0.2, 0) is 28.6 Å². The summed E-state index contributed by atoms with van der Waals surface area (Å²) >= 11 is 0. The Labute approximate surface area is 428 Å². The highest BCUT2D eigenvalue weighted by Crippen LogP contribution is 2.16. The van der Waals surface area contributed by atoms with E-state index in [1.165, 1.54) is 167 Å². The van der Waals surface area contributed by atoms with Gasteiger partial charge in [-0.3, -0.25) is 14.4 Å². The average Bonchev–Trinajstić information content (AvgIpc) is 3.35. The molecule has 0 aromatic carbocycles. The van der Waals surface area contributed by atoms with Gasteiger partial charge in [-0.15, -0.1) is 0 Å². The van der Waals surface area contributed by atoms with Gasteiger partial charge in [-0.05, 0) is 83.5 Å². The number of unbranched alkanes of at least 4 members (excludes halogenated alkanes) is 33. The summed E-state index contributed by atoms with van der Waals surface area (Å²) in [7, 11) is 0. The monoisotopic (exact) mass is 965 g/mol. The highest BCUT2D eigenvalue weighted by Gasteiger charge is 2.19. The van der Waals surface area contributed by atoms with Crippen molar-refractivity contribution < 1.29 is 28.6 Å². The molecule has 0 aromatic rings. The Morgan fingerprint density at radius 1 is 0.304 bits per heavy atom. The molecule has 0 spiro atoms. The number of allylic oxidation sites excluding steroid dienone is 10. The van der Waals surface area contributed by atoms with Crippen molar-refractivity contribution >= 4 is 17.9 Å². The minimum absolute atomic E-state index is 0.0819. The van der Waals surface area contributed by atoms with Gasteiger partial charge in [-0.25, -0.2) is 0 Å². The molecule has 0 radical (unpaired) electrons. The van der Waals surface area contributed by atoms with Gasteiger partial charge in [0.15, 0.2) is 6.10 Å². The number of esters is 3. The molecule has 1 atom stereocenters. The summed E-state index contributed by atoms with van der Waals surface area (Å²) in [5, 5.41) is 0. The molecule has 0 heterocycles. The van der Waals surface area contributed by atoms with Crippen molar-refractivity contribution in [3.05, 3.63) is 60.8 Å². The minimum atomic E-state index is -0.786. The van der Waals surface area contributed by atoms with Gasteiger partial charge in [-0.1, -0.05) is 261 Å². The summed E-state index contributed by atoms with van der Waals surface area (Å²) < 4.78 is 16.9. The zero-order valence-corrected chi connectivity index (χ0v) is 45.8. The van der Waals surface area contributed by atoms with E-state index in [-0.39, 0.29) is 31.1 Å². The molecule has 1 unspecified atom stereocenters. The first-order valence-electron chi connectivity index (χ1n) is 29.8. The third-order valence-corrected chi connectivity index (χ3v) is 13.0. The van der Waals surface area contributed by atoms with Crippen LogP contribution in [0.2, 0.25) is 0 Å². The topological polar surface area (TPSA) is 78.9 Å². The number of hydrogen-bond donors (Lipinski definition) is 0. The predicted octanol–water partition coefficient (Wildman–Crippen LogP) is 20.0. The Balaban J connectivity index is 4.39. The number of carbonyl (C=O) groups excluding carboxylic acids is 3. The van der Waals surface area contributed by atoms with Gasteiger partial charge < -0.3 is 14.2 Å². The zero-order chi connectivity index (χ0) is 50.0. The summed E-state index contributed by atoms with van der Waals surface area (Å²) in [6.45, 7) is 6.54. The first-order valence-corrected chi connectivity index (χ1v) is 29.8. The van der Waals surface area contributed by atoms with Crippen LogP contribution in [0.3, 0.4) is 0 Å². The smallest absolute Gasteiger partial charge is 0.306 e. The molecule has 69 heavy (non-hydrogen) atoms. The average molecular weight is 966 g/mol. The number of rotatable bonds is 54. The second-order valence-corrected chi connectivity index (χ2v) is 19.9. The largest absolute Gasteiger partial charge is 0.462 e. The Bertz CT molecular complexity index is 1250. The highest BCUT2D eigenvalue weighted by atomic mass is 16.6. The van der Waals surface area contributed by atoms with Crippen LogP contribution in [0.25, 0.3) is 0 Å². The Kier molecular flexibility index (Phi) is 55.3. The number of ether oxygens (including phenoxy) is 3. The second-order valence-electron chi connectivity index (χ2n) is 19.9. The van der Waals surface area contributed by atoms with Crippen LogP contribution in [0, 0.1) is 0 Å². The van der Waals surface area contributed by atoms with E-state index in [0.717, 1.165) is 96.3 Å². The summed E-state index contributed by atoms with van der Waals surface area (Å²) in [6, 6.07) is 0. The molecule has 0 rings (SSSR count). The Morgan fingerprint density at radius 2 is 0.565 bits per heavy atom. The minimum Gasteiger partial charge on any atom is -0.462 e. The SMILES string of the molecule is CC/C=C\C/C=C\C/C=C\C/C=C\CCCCCCC(=O)OC(COC(=O)CCCCCCCCCCC/C=C\CCCCCCCC)COC(=O)CCCCCCCCCCCCCCCCC. The molecule has 0 aliphatic rings. The fourth-order valence-electron chi connectivity index (χ4n) is 8.55. The van der Waals surface area contributed by atoms with Crippen LogP contribution in [-0.4, -0.2) is 37.2 Å². The van der Waals surface area contributed by atoms with Gasteiger partial charge in [-0.2, -0.15) is 0 Å². The van der Waals surface area contributed by atoms with Crippen LogP contribution >= 0.6 is 0 Å². The molecule has 6 nitrogen and oxygen atoms in total. The predicted molar refractivity (Wildman–Crippen MR) is 298 cm³/mol. The van der Waals surface area contributed by atoms with Crippen molar-refractivity contribution in [1.82, 2.24) is 0 Å². The van der Waals surface area contributed by atoms with E-state index in [0.29, 0.717) is 19.3 Å². The van der Waals surface area contributed by atoms with E-state index >= 15 is 0 Å². The normalized spacial score (nSPS) is 12.4. The molecule has 0 aliphatic carbocycles. The summed E-state index contributed by atoms with van der Waals surface area (Å²) in [5.74, 6) is -0.893. The fourth-order valence-corrected chi connectivity index (χ4v) is 8.55. The summed E-state index contributed by atoms with van der Waals surface area (Å²) in [5.41, 5.74) is 0. The molecule has 0 aromatic heterocycles. The quantitative estimate of drug-likeness (QED) is 0.0262. The standard InChI is InChI=1S/C63H112O6/c1-4-7-10-13-16-19-22-25-28-30-31-33-35-38-41-44-47-50-53-56-62(65)68-59-60(58-67-61(64)55-52-49-46-43-40-37-34-27-24-21-18-15-12-9-6-3)69-63(66)57-54-51-48-45-42-39-36-32-29-26-23-20-17-14-11-8-5-2/h8,11,17,20,25-26,28-29,36,39,60H,4-7,9-10,12-16,18-19,21-24,27,30-35,37-38,40-59H2,1-3H3/b11-8-,20-17-,28-25-,29-26-,39-36-. The van der Waals surface area contributed by atoms with Gasteiger partial charge in [0, 0.05) is 19.3 Å². The number of hydrogen-bond acceptors (Lipinski definition) is 6. The molecule has 6 heteroatoms. The number of carbonyl (C=O) groups is 3.